The van der Waals surface area contributed by atoms with Crippen molar-refractivity contribution in [2.45, 2.75) is 38.2 Å². The first-order valence-electron chi connectivity index (χ1n) is 7.98. The molecule has 6 heteroatoms. The first-order valence-corrected chi connectivity index (χ1v) is 9.37. The number of likely N-dealkylation sites (tertiary alicyclic amines) is 1. The molecular weight excluding hydrogens is 315 g/mol. The third-order valence-electron chi connectivity index (χ3n) is 4.41. The van der Waals surface area contributed by atoms with Crippen LogP contribution >= 0.6 is 11.8 Å². The number of amides is 2. The molecule has 2 amide bonds. The summed E-state index contributed by atoms with van der Waals surface area (Å²) in [5.41, 5.74) is 1.87. The molecule has 1 atom stereocenters. The van der Waals surface area contributed by atoms with Gasteiger partial charge in [0.15, 0.2) is 0 Å². The summed E-state index contributed by atoms with van der Waals surface area (Å²) in [5.74, 6) is 0.761. The number of aliphatic hydroxyl groups is 1. The summed E-state index contributed by atoms with van der Waals surface area (Å²) in [6.45, 7) is 3.55. The highest BCUT2D eigenvalue weighted by Crippen LogP contribution is 2.21. The number of rotatable bonds is 5. The molecule has 23 heavy (non-hydrogen) atoms. The smallest absolute Gasteiger partial charge is 0.317 e. The van der Waals surface area contributed by atoms with Crippen LogP contribution in [0.3, 0.4) is 0 Å². The van der Waals surface area contributed by atoms with Gasteiger partial charge in [-0.3, -0.25) is 0 Å². The second kappa shape index (κ2) is 8.55. The van der Waals surface area contributed by atoms with Gasteiger partial charge < -0.3 is 15.3 Å². The molecular formula is C17H25FN2O2S. The largest absolute Gasteiger partial charge is 0.393 e. The van der Waals surface area contributed by atoms with Gasteiger partial charge >= 0.3 is 6.03 Å². The summed E-state index contributed by atoms with van der Waals surface area (Å²) in [6, 6.07) is 4.61. The van der Waals surface area contributed by atoms with Gasteiger partial charge in [-0.05, 0) is 55.2 Å². The second-order valence-corrected chi connectivity index (χ2v) is 6.94. The number of benzene rings is 1. The van der Waals surface area contributed by atoms with Crippen LogP contribution in [0.4, 0.5) is 9.18 Å². The highest BCUT2D eigenvalue weighted by Gasteiger charge is 2.25. The lowest BCUT2D eigenvalue weighted by Crippen LogP contribution is -2.45. The fourth-order valence-corrected chi connectivity index (χ4v) is 3.50. The minimum atomic E-state index is -0.312. The molecule has 4 nitrogen and oxygen atoms in total. The Kier molecular flexibility index (Phi) is 6.72. The number of aliphatic hydroxyl groups excluding tert-OH is 1. The summed E-state index contributed by atoms with van der Waals surface area (Å²) < 4.78 is 13.3. The Balaban J connectivity index is 1.88. The van der Waals surface area contributed by atoms with Gasteiger partial charge in [0.05, 0.1) is 6.10 Å². The van der Waals surface area contributed by atoms with Gasteiger partial charge in [0.2, 0.25) is 0 Å². The molecule has 0 saturated carbocycles. The van der Waals surface area contributed by atoms with Gasteiger partial charge in [-0.2, -0.15) is 11.8 Å². The number of hydrogen-bond donors (Lipinski definition) is 2. The van der Waals surface area contributed by atoms with Crippen LogP contribution in [0.2, 0.25) is 0 Å². The van der Waals surface area contributed by atoms with Gasteiger partial charge in [0.1, 0.15) is 5.82 Å². The standard InChI is InChI=1S/C17H25FN2O2S/c1-12(21)13-5-7-20(8-6-13)17(22)19-10-14-3-4-16(18)9-15(14)11-23-2/h3-4,9,12-13,21H,5-8,10-11H2,1-2H3,(H,19,22). The number of carbonyl (C=O) groups excluding carboxylic acids is 1. The number of piperidine rings is 1. The van der Waals surface area contributed by atoms with Crippen molar-refractivity contribution < 1.29 is 14.3 Å². The lowest BCUT2D eigenvalue weighted by molar-refractivity contribution is 0.0798. The maximum Gasteiger partial charge on any atom is 0.317 e. The number of halogens is 1. The van der Waals surface area contributed by atoms with Gasteiger partial charge in [-0.1, -0.05) is 6.07 Å². The van der Waals surface area contributed by atoms with Crippen LogP contribution < -0.4 is 5.32 Å². The predicted molar refractivity (Wildman–Crippen MR) is 91.8 cm³/mol. The molecule has 1 heterocycles. The molecule has 0 radical (unpaired) electrons. The van der Waals surface area contributed by atoms with Crippen molar-refractivity contribution in [2.24, 2.45) is 5.92 Å². The van der Waals surface area contributed by atoms with Crippen LogP contribution in [-0.4, -0.2) is 41.5 Å². The number of urea groups is 1. The number of nitrogens with zero attached hydrogens (tertiary/aromatic N) is 1. The van der Waals surface area contributed by atoms with Crippen LogP contribution in [0, 0.1) is 11.7 Å². The molecule has 1 aliphatic rings. The zero-order valence-corrected chi connectivity index (χ0v) is 14.5. The van der Waals surface area contributed by atoms with Crippen molar-refractivity contribution >= 4 is 17.8 Å². The Hall–Kier alpha value is -1.27. The van der Waals surface area contributed by atoms with Crippen molar-refractivity contribution in [3.05, 3.63) is 35.1 Å². The molecule has 1 aromatic carbocycles. The van der Waals surface area contributed by atoms with E-state index in [1.807, 2.05) is 13.2 Å². The summed E-state index contributed by atoms with van der Waals surface area (Å²) in [7, 11) is 0. The van der Waals surface area contributed by atoms with E-state index in [1.165, 1.54) is 12.1 Å². The Morgan fingerprint density at radius 2 is 2.13 bits per heavy atom. The molecule has 1 saturated heterocycles. The quantitative estimate of drug-likeness (QED) is 0.866. The van der Waals surface area contributed by atoms with Gasteiger partial charge in [-0.15, -0.1) is 0 Å². The lowest BCUT2D eigenvalue weighted by atomic mass is 9.92. The summed E-state index contributed by atoms with van der Waals surface area (Å²) in [6.07, 6.45) is 3.33. The van der Waals surface area contributed by atoms with Crippen LogP contribution in [-0.2, 0) is 12.3 Å². The van der Waals surface area contributed by atoms with Crippen molar-refractivity contribution in [1.82, 2.24) is 10.2 Å². The summed E-state index contributed by atoms with van der Waals surface area (Å²) >= 11 is 1.63. The van der Waals surface area contributed by atoms with E-state index in [9.17, 15) is 14.3 Å². The van der Waals surface area contributed by atoms with E-state index in [2.05, 4.69) is 5.32 Å². The minimum Gasteiger partial charge on any atom is -0.393 e. The van der Waals surface area contributed by atoms with Crippen LogP contribution in [0.25, 0.3) is 0 Å². The number of nitrogens with one attached hydrogen (secondary N) is 1. The monoisotopic (exact) mass is 340 g/mol. The molecule has 0 aliphatic carbocycles. The van der Waals surface area contributed by atoms with E-state index >= 15 is 0 Å². The van der Waals surface area contributed by atoms with Crippen molar-refractivity contribution in [2.75, 3.05) is 19.3 Å². The zero-order chi connectivity index (χ0) is 16.8. The average Bonchev–Trinajstić information content (AvgIpc) is 2.54. The Morgan fingerprint density at radius 1 is 1.43 bits per heavy atom. The molecule has 1 aliphatic heterocycles. The first-order chi connectivity index (χ1) is 11.0. The van der Waals surface area contributed by atoms with Crippen LogP contribution in [0.15, 0.2) is 18.2 Å². The molecule has 1 aromatic rings. The molecule has 0 bridgehead atoms. The number of thioether (sulfide) groups is 1. The van der Waals surface area contributed by atoms with Gasteiger partial charge in [-0.25, -0.2) is 9.18 Å². The third kappa shape index (κ3) is 5.11. The molecule has 0 aromatic heterocycles. The topological polar surface area (TPSA) is 52.6 Å². The SMILES string of the molecule is CSCc1cc(F)ccc1CNC(=O)N1CCC(C(C)O)CC1. The maximum atomic E-state index is 13.3. The van der Waals surface area contributed by atoms with E-state index in [4.69, 9.17) is 0 Å². The molecule has 2 N–H and O–H groups in total. The first kappa shape index (κ1) is 18.1. The van der Waals surface area contributed by atoms with Crippen molar-refractivity contribution in [3.8, 4) is 0 Å². The highest BCUT2D eigenvalue weighted by molar-refractivity contribution is 7.97. The summed E-state index contributed by atoms with van der Waals surface area (Å²) in [5, 5.41) is 12.5. The zero-order valence-electron chi connectivity index (χ0n) is 13.7. The average molecular weight is 340 g/mol. The van der Waals surface area contributed by atoms with Crippen LogP contribution in [0.5, 0.6) is 0 Å². The highest BCUT2D eigenvalue weighted by atomic mass is 32.2. The molecule has 128 valence electrons. The fourth-order valence-electron chi connectivity index (χ4n) is 2.92. The normalized spacial score (nSPS) is 17.1. The van der Waals surface area contributed by atoms with Crippen molar-refractivity contribution in [1.29, 1.82) is 0 Å². The van der Waals surface area contributed by atoms with Gasteiger partial charge in [0.25, 0.3) is 0 Å². The van der Waals surface area contributed by atoms with E-state index in [0.29, 0.717) is 19.6 Å². The minimum absolute atomic E-state index is 0.0894. The molecule has 0 spiro atoms. The van der Waals surface area contributed by atoms with Gasteiger partial charge in [0, 0.05) is 25.4 Å². The summed E-state index contributed by atoms with van der Waals surface area (Å²) in [4.78, 5) is 14.0. The Morgan fingerprint density at radius 3 is 2.74 bits per heavy atom. The van der Waals surface area contributed by atoms with E-state index in [-0.39, 0.29) is 23.9 Å². The Bertz CT molecular complexity index is 531. The fraction of sp³-hybridized carbons (Fsp3) is 0.588. The van der Waals surface area contributed by atoms with E-state index in [0.717, 1.165) is 29.7 Å². The predicted octanol–water partition coefficient (Wildman–Crippen LogP) is 2.99. The molecule has 1 unspecified atom stereocenters. The third-order valence-corrected chi connectivity index (χ3v) is 5.01. The van der Waals surface area contributed by atoms with E-state index < -0.39 is 0 Å². The molecule has 2 rings (SSSR count). The van der Waals surface area contributed by atoms with Crippen molar-refractivity contribution in [3.63, 3.8) is 0 Å². The number of hydrogen-bond acceptors (Lipinski definition) is 3. The second-order valence-electron chi connectivity index (χ2n) is 6.07. The molecule has 1 fully saturated rings. The number of carbonyl (C=O) groups is 1. The van der Waals surface area contributed by atoms with Crippen LogP contribution in [0.1, 0.15) is 30.9 Å². The maximum absolute atomic E-state index is 13.3. The van der Waals surface area contributed by atoms with E-state index in [1.54, 1.807) is 22.7 Å². The lowest BCUT2D eigenvalue weighted by Gasteiger charge is -2.33. The Labute approximate surface area is 141 Å².